The molecule has 3 N–H and O–H groups in total. The molecule has 0 saturated carbocycles. The number of carbonyl (C=O) groups is 1. The van der Waals surface area contributed by atoms with Gasteiger partial charge in [-0.3, -0.25) is 5.32 Å². The van der Waals surface area contributed by atoms with Crippen LogP contribution in [0.5, 0.6) is 5.75 Å². The van der Waals surface area contributed by atoms with Crippen LogP contribution in [0.3, 0.4) is 0 Å². The number of hydrogen-bond donors (Lipinski definition) is 2. The second-order valence-electron chi connectivity index (χ2n) is 8.30. The molecule has 0 bridgehead atoms. The molecule has 4 rings (SSSR count). The van der Waals surface area contributed by atoms with Gasteiger partial charge in [-0.25, -0.2) is 29.7 Å². The van der Waals surface area contributed by atoms with E-state index in [1.54, 1.807) is 23.4 Å². The van der Waals surface area contributed by atoms with Gasteiger partial charge in [-0.05, 0) is 31.0 Å². The van der Waals surface area contributed by atoms with Crippen molar-refractivity contribution < 1.29 is 9.53 Å². The highest BCUT2D eigenvalue weighted by atomic mass is 16.5. The van der Waals surface area contributed by atoms with E-state index in [0.717, 1.165) is 11.5 Å². The number of rotatable bonds is 6. The number of urea groups is 1. The molecule has 0 atom stereocenters. The van der Waals surface area contributed by atoms with Crippen molar-refractivity contribution in [2.24, 2.45) is 0 Å². The van der Waals surface area contributed by atoms with Gasteiger partial charge in [0.05, 0.1) is 5.69 Å². The second-order valence-corrected chi connectivity index (χ2v) is 8.30. The lowest BCUT2D eigenvalue weighted by molar-refractivity contribution is 0.207. The lowest BCUT2D eigenvalue weighted by Crippen LogP contribution is -2.50. The first-order valence-corrected chi connectivity index (χ1v) is 11.2. The van der Waals surface area contributed by atoms with Crippen molar-refractivity contribution in [3.63, 3.8) is 0 Å². The smallest absolute Gasteiger partial charge is 0.323 e. The fourth-order valence-corrected chi connectivity index (χ4v) is 3.64. The third kappa shape index (κ3) is 5.66. The van der Waals surface area contributed by atoms with E-state index < -0.39 is 0 Å². The highest BCUT2D eigenvalue weighted by Crippen LogP contribution is 2.27. The Balaban J connectivity index is 1.36. The molecule has 34 heavy (non-hydrogen) atoms. The summed E-state index contributed by atoms with van der Waals surface area (Å²) in [5, 5.41) is 2.91. The van der Waals surface area contributed by atoms with Crippen LogP contribution in [0, 0.1) is 6.92 Å². The quantitative estimate of drug-likeness (QED) is 0.565. The number of amides is 2. The first-order valence-electron chi connectivity index (χ1n) is 11.2. The van der Waals surface area contributed by atoms with Crippen LogP contribution in [0.25, 0.3) is 0 Å². The number of piperazine rings is 1. The maximum Gasteiger partial charge on any atom is 0.323 e. The molecule has 0 spiro atoms. The topological polar surface area (TPSA) is 135 Å². The number of nitrogen functional groups attached to an aromatic ring is 1. The molecule has 0 aromatic carbocycles. The summed E-state index contributed by atoms with van der Waals surface area (Å²) in [6.07, 6.45) is 3.33. The van der Waals surface area contributed by atoms with E-state index in [1.807, 2.05) is 25.1 Å². The van der Waals surface area contributed by atoms with Gasteiger partial charge in [0.25, 0.3) is 0 Å². The number of nitrogens with one attached hydrogen (secondary N) is 1. The Kier molecular flexibility index (Phi) is 7.00. The van der Waals surface area contributed by atoms with Crippen molar-refractivity contribution in [3.8, 4) is 5.75 Å². The first kappa shape index (κ1) is 23.1. The average Bonchev–Trinajstić information content (AvgIpc) is 2.83. The fourth-order valence-electron chi connectivity index (χ4n) is 3.64. The van der Waals surface area contributed by atoms with E-state index in [0.29, 0.717) is 49.3 Å². The van der Waals surface area contributed by atoms with Gasteiger partial charge < -0.3 is 20.3 Å². The highest BCUT2D eigenvalue weighted by Gasteiger charge is 2.24. The monoisotopic (exact) mass is 463 g/mol. The molecule has 11 nitrogen and oxygen atoms in total. The Morgan fingerprint density at radius 1 is 1.12 bits per heavy atom. The molecular formula is C23H29N9O2. The molecule has 3 aromatic heterocycles. The third-order valence-corrected chi connectivity index (χ3v) is 5.41. The molecule has 2 amide bonds. The van der Waals surface area contributed by atoms with E-state index >= 15 is 0 Å². The van der Waals surface area contributed by atoms with E-state index in [4.69, 9.17) is 10.5 Å². The Morgan fingerprint density at radius 2 is 1.91 bits per heavy atom. The molecule has 1 aliphatic heterocycles. The Bertz CT molecular complexity index is 1150. The van der Waals surface area contributed by atoms with Gasteiger partial charge in [0.2, 0.25) is 5.95 Å². The summed E-state index contributed by atoms with van der Waals surface area (Å²) >= 11 is 0. The summed E-state index contributed by atoms with van der Waals surface area (Å²) in [5.74, 6) is 3.00. The zero-order valence-electron chi connectivity index (χ0n) is 19.6. The van der Waals surface area contributed by atoms with Crippen molar-refractivity contribution in [1.82, 2.24) is 29.8 Å². The van der Waals surface area contributed by atoms with E-state index in [-0.39, 0.29) is 24.5 Å². The van der Waals surface area contributed by atoms with Crippen LogP contribution in [0.1, 0.15) is 37.0 Å². The van der Waals surface area contributed by atoms with E-state index in [2.05, 4.69) is 49.0 Å². The lowest BCUT2D eigenvalue weighted by Gasteiger charge is -2.35. The highest BCUT2D eigenvalue weighted by molar-refractivity contribution is 5.88. The predicted molar refractivity (Wildman–Crippen MR) is 129 cm³/mol. The summed E-state index contributed by atoms with van der Waals surface area (Å²) in [7, 11) is 0. The van der Waals surface area contributed by atoms with Crippen LogP contribution in [0.2, 0.25) is 0 Å². The number of pyridine rings is 1. The number of aromatic nitrogens is 5. The second kappa shape index (κ2) is 10.3. The van der Waals surface area contributed by atoms with Crippen molar-refractivity contribution in [2.75, 3.05) is 42.1 Å². The van der Waals surface area contributed by atoms with Gasteiger partial charge in [0.1, 0.15) is 18.2 Å². The number of nitrogens with two attached hydrogens (primary N) is 1. The minimum absolute atomic E-state index is 0.175. The molecule has 178 valence electrons. The zero-order valence-corrected chi connectivity index (χ0v) is 19.6. The number of nitrogens with zero attached hydrogens (tertiary/aromatic N) is 7. The van der Waals surface area contributed by atoms with Crippen LogP contribution in [0.4, 0.5) is 22.4 Å². The third-order valence-electron chi connectivity index (χ3n) is 5.41. The van der Waals surface area contributed by atoms with Gasteiger partial charge in [-0.2, -0.15) is 0 Å². The van der Waals surface area contributed by atoms with E-state index in [1.165, 1.54) is 0 Å². The predicted octanol–water partition coefficient (Wildman–Crippen LogP) is 2.61. The summed E-state index contributed by atoms with van der Waals surface area (Å²) in [4.78, 5) is 38.1. The average molecular weight is 464 g/mol. The Hall–Kier alpha value is -4.02. The summed E-state index contributed by atoms with van der Waals surface area (Å²) in [6.45, 7) is 8.55. The van der Waals surface area contributed by atoms with Crippen LogP contribution in [0.15, 0.2) is 36.7 Å². The first-order chi connectivity index (χ1) is 16.4. The van der Waals surface area contributed by atoms with Crippen LogP contribution in [-0.4, -0.2) is 62.0 Å². The van der Waals surface area contributed by atoms with Crippen LogP contribution in [-0.2, 0) is 6.61 Å². The summed E-state index contributed by atoms with van der Waals surface area (Å²) in [5.41, 5.74) is 7.23. The van der Waals surface area contributed by atoms with Gasteiger partial charge in [0, 0.05) is 50.3 Å². The zero-order chi connectivity index (χ0) is 24.1. The Labute approximate surface area is 198 Å². The normalized spacial score (nSPS) is 13.8. The molecule has 4 heterocycles. The molecule has 11 heteroatoms. The maximum absolute atomic E-state index is 12.8. The molecule has 1 aliphatic rings. The molecule has 1 fully saturated rings. The number of carbonyl (C=O) groups excluding carboxylic acids is 1. The number of hydrogen-bond acceptors (Lipinski definition) is 9. The van der Waals surface area contributed by atoms with Gasteiger partial charge in [0.15, 0.2) is 11.6 Å². The lowest BCUT2D eigenvalue weighted by atomic mass is 10.1. The van der Waals surface area contributed by atoms with Crippen molar-refractivity contribution in [1.29, 1.82) is 0 Å². The molecule has 3 aromatic rings. The number of anilines is 3. The largest absolute Gasteiger partial charge is 0.483 e. The van der Waals surface area contributed by atoms with Crippen molar-refractivity contribution >= 4 is 23.6 Å². The molecule has 0 aliphatic carbocycles. The standard InChI is InChI=1S/C23H29N9O2/c1-15(2)18-13-20(28-16(3)27-18)30-23(33)32-11-9-31(10-12-32)21-19(5-4-7-25-21)34-14-17-6-8-26-22(24)29-17/h4-8,13,15H,9-12,14H2,1-3H3,(H2,24,26,29)(H,27,28,30,33). The summed E-state index contributed by atoms with van der Waals surface area (Å²) in [6, 6.07) is 7.11. The van der Waals surface area contributed by atoms with Gasteiger partial charge in [-0.15, -0.1) is 0 Å². The SMILES string of the molecule is Cc1nc(NC(=O)N2CCN(c3ncccc3OCc3ccnc(N)n3)CC2)cc(C(C)C)n1. The summed E-state index contributed by atoms with van der Waals surface area (Å²) < 4.78 is 5.97. The van der Waals surface area contributed by atoms with Crippen LogP contribution < -0.4 is 20.7 Å². The minimum Gasteiger partial charge on any atom is -0.483 e. The molecule has 0 unspecified atom stereocenters. The Morgan fingerprint density at radius 3 is 2.65 bits per heavy atom. The fraction of sp³-hybridized carbons (Fsp3) is 0.391. The van der Waals surface area contributed by atoms with Crippen molar-refractivity contribution in [3.05, 3.63) is 53.9 Å². The number of ether oxygens (including phenoxy) is 1. The van der Waals surface area contributed by atoms with Crippen LogP contribution >= 0.6 is 0 Å². The van der Waals surface area contributed by atoms with E-state index in [9.17, 15) is 4.79 Å². The number of aryl methyl sites for hydroxylation is 1. The molecular weight excluding hydrogens is 434 g/mol. The molecule has 1 saturated heterocycles. The van der Waals surface area contributed by atoms with Gasteiger partial charge in [-0.1, -0.05) is 13.8 Å². The maximum atomic E-state index is 12.8. The van der Waals surface area contributed by atoms with Crippen molar-refractivity contribution in [2.45, 2.75) is 33.3 Å². The minimum atomic E-state index is -0.175. The molecule has 0 radical (unpaired) electrons. The van der Waals surface area contributed by atoms with Gasteiger partial charge >= 0.3 is 6.03 Å².